The molecule has 0 fully saturated rings. The molecule has 0 atom stereocenters. The first-order chi connectivity index (χ1) is 9.08. The predicted molar refractivity (Wildman–Crippen MR) is 75.5 cm³/mol. The Balaban J connectivity index is 0.000000861. The van der Waals surface area contributed by atoms with Gasteiger partial charge in [0.2, 0.25) is 0 Å². The van der Waals surface area contributed by atoms with Crippen LogP contribution < -0.4 is 9.03 Å². The van der Waals surface area contributed by atoms with Gasteiger partial charge in [0.25, 0.3) is 0 Å². The number of nitrogens with one attached hydrogen (secondary N) is 1. The van der Waals surface area contributed by atoms with E-state index in [1.54, 1.807) is 24.3 Å². The van der Waals surface area contributed by atoms with Crippen LogP contribution >= 0.6 is 0 Å². The van der Waals surface area contributed by atoms with E-state index in [1.165, 1.54) is 18.5 Å². The van der Waals surface area contributed by atoms with Gasteiger partial charge in [0.15, 0.2) is 6.29 Å². The van der Waals surface area contributed by atoms with Crippen molar-refractivity contribution in [2.24, 2.45) is 0 Å². The first-order valence-corrected chi connectivity index (χ1v) is 7.47. The second-order valence-electron chi connectivity index (χ2n) is 3.56. The van der Waals surface area contributed by atoms with Crippen molar-refractivity contribution in [1.29, 1.82) is 0 Å². The SMILES string of the molecule is CC.COC(CN1c2ccccc2NS1(=O)=O)OC. The molecule has 6 nitrogen and oxygen atoms in total. The highest BCUT2D eigenvalue weighted by Gasteiger charge is 2.33. The van der Waals surface area contributed by atoms with Crippen molar-refractivity contribution in [3.05, 3.63) is 24.3 Å². The average Bonchev–Trinajstić information content (AvgIpc) is 2.68. The Morgan fingerprint density at radius 1 is 1.21 bits per heavy atom. The first kappa shape index (κ1) is 15.7. The van der Waals surface area contributed by atoms with Crippen LogP contribution in [0.4, 0.5) is 11.4 Å². The van der Waals surface area contributed by atoms with Crippen molar-refractivity contribution < 1.29 is 17.9 Å². The molecule has 0 saturated heterocycles. The summed E-state index contributed by atoms with van der Waals surface area (Å²) in [6.45, 7) is 4.11. The summed E-state index contributed by atoms with van der Waals surface area (Å²) in [5.41, 5.74) is 1.17. The fraction of sp³-hybridized carbons (Fsp3) is 0.500. The van der Waals surface area contributed by atoms with E-state index >= 15 is 0 Å². The summed E-state index contributed by atoms with van der Waals surface area (Å²) in [6.07, 6.45) is -0.599. The Labute approximate surface area is 114 Å². The van der Waals surface area contributed by atoms with Crippen molar-refractivity contribution in [3.8, 4) is 0 Å². The van der Waals surface area contributed by atoms with Gasteiger partial charge in [-0.25, -0.2) is 4.31 Å². The molecular formula is C12H20N2O4S. The summed E-state index contributed by atoms with van der Waals surface area (Å²) in [6, 6.07) is 6.99. The molecule has 0 aromatic heterocycles. The van der Waals surface area contributed by atoms with Gasteiger partial charge in [-0.1, -0.05) is 26.0 Å². The topological polar surface area (TPSA) is 67.9 Å². The van der Waals surface area contributed by atoms with Gasteiger partial charge in [-0.05, 0) is 12.1 Å². The number of hydrogen-bond donors (Lipinski definition) is 1. The average molecular weight is 288 g/mol. The lowest BCUT2D eigenvalue weighted by Crippen LogP contribution is -2.38. The Kier molecular flexibility index (Phi) is 5.59. The number of para-hydroxylation sites is 2. The molecular weight excluding hydrogens is 268 g/mol. The minimum Gasteiger partial charge on any atom is -0.354 e. The molecule has 0 unspecified atom stereocenters. The molecule has 0 aliphatic carbocycles. The first-order valence-electron chi connectivity index (χ1n) is 6.03. The number of ether oxygens (including phenoxy) is 2. The minimum atomic E-state index is -3.54. The molecule has 0 radical (unpaired) electrons. The second kappa shape index (κ2) is 6.74. The summed E-state index contributed by atoms with van der Waals surface area (Å²) < 4.78 is 37.5. The van der Waals surface area contributed by atoms with E-state index in [1.807, 2.05) is 13.8 Å². The van der Waals surface area contributed by atoms with E-state index in [-0.39, 0.29) is 6.54 Å². The van der Waals surface area contributed by atoms with Crippen LogP contribution in [-0.4, -0.2) is 35.5 Å². The molecule has 0 amide bonds. The monoisotopic (exact) mass is 288 g/mol. The van der Waals surface area contributed by atoms with Gasteiger partial charge in [-0.15, -0.1) is 0 Å². The van der Waals surface area contributed by atoms with Crippen LogP contribution in [-0.2, 0) is 19.7 Å². The summed E-state index contributed by atoms with van der Waals surface area (Å²) >= 11 is 0. The summed E-state index contributed by atoms with van der Waals surface area (Å²) in [4.78, 5) is 0. The Bertz CT molecular complexity index is 500. The van der Waals surface area contributed by atoms with Crippen LogP contribution in [0.5, 0.6) is 0 Å². The molecule has 108 valence electrons. The molecule has 0 saturated carbocycles. The molecule has 7 heteroatoms. The zero-order valence-electron chi connectivity index (χ0n) is 11.6. The van der Waals surface area contributed by atoms with E-state index in [0.717, 1.165) is 0 Å². The third-order valence-corrected chi connectivity index (χ3v) is 3.95. The highest BCUT2D eigenvalue weighted by molar-refractivity contribution is 7.94. The van der Waals surface area contributed by atoms with E-state index in [0.29, 0.717) is 11.4 Å². The Hall–Kier alpha value is -1.31. The molecule has 0 spiro atoms. The Morgan fingerprint density at radius 2 is 1.79 bits per heavy atom. The van der Waals surface area contributed by atoms with Crippen LogP contribution in [0.3, 0.4) is 0 Å². The van der Waals surface area contributed by atoms with Gasteiger partial charge in [0, 0.05) is 14.2 Å². The lowest BCUT2D eigenvalue weighted by atomic mass is 10.3. The number of nitrogens with zero attached hydrogens (tertiary/aromatic N) is 1. The normalized spacial score (nSPS) is 15.5. The highest BCUT2D eigenvalue weighted by atomic mass is 32.2. The van der Waals surface area contributed by atoms with Crippen molar-refractivity contribution in [3.63, 3.8) is 0 Å². The van der Waals surface area contributed by atoms with Gasteiger partial charge >= 0.3 is 10.2 Å². The molecule has 1 aromatic rings. The highest BCUT2D eigenvalue weighted by Crippen LogP contribution is 2.35. The molecule has 1 N–H and O–H groups in total. The van der Waals surface area contributed by atoms with Crippen molar-refractivity contribution in [2.75, 3.05) is 29.8 Å². The quantitative estimate of drug-likeness (QED) is 0.858. The van der Waals surface area contributed by atoms with Crippen LogP contribution in [0.2, 0.25) is 0 Å². The molecule has 1 heterocycles. The molecule has 2 rings (SSSR count). The lowest BCUT2D eigenvalue weighted by molar-refractivity contribution is -0.0931. The third kappa shape index (κ3) is 3.37. The number of anilines is 2. The maximum absolute atomic E-state index is 11.9. The maximum atomic E-state index is 11.9. The van der Waals surface area contributed by atoms with E-state index in [4.69, 9.17) is 9.47 Å². The van der Waals surface area contributed by atoms with Gasteiger partial charge in [0.1, 0.15) is 0 Å². The molecule has 1 aromatic carbocycles. The van der Waals surface area contributed by atoms with E-state index < -0.39 is 16.5 Å². The zero-order chi connectivity index (χ0) is 14.5. The fourth-order valence-electron chi connectivity index (χ4n) is 1.68. The standard InChI is InChI=1S/C10H14N2O4S.C2H6/c1-15-10(16-2)7-12-9-6-4-3-5-8(9)11-17(12,13)14;1-2/h3-6,10-11H,7H2,1-2H3;1-2H3. The largest absolute Gasteiger partial charge is 0.354 e. The zero-order valence-corrected chi connectivity index (χ0v) is 12.4. The van der Waals surface area contributed by atoms with Crippen molar-refractivity contribution >= 4 is 21.6 Å². The van der Waals surface area contributed by atoms with Gasteiger partial charge in [-0.3, -0.25) is 4.72 Å². The summed E-state index contributed by atoms with van der Waals surface area (Å²) in [5.74, 6) is 0. The van der Waals surface area contributed by atoms with Gasteiger partial charge in [0.05, 0.1) is 17.9 Å². The van der Waals surface area contributed by atoms with Crippen molar-refractivity contribution in [2.45, 2.75) is 20.1 Å². The molecule has 19 heavy (non-hydrogen) atoms. The number of benzene rings is 1. The smallest absolute Gasteiger partial charge is 0.324 e. The Morgan fingerprint density at radius 3 is 2.37 bits per heavy atom. The summed E-state index contributed by atoms with van der Waals surface area (Å²) in [5, 5.41) is 0. The van der Waals surface area contributed by atoms with Crippen LogP contribution in [0.1, 0.15) is 13.8 Å². The number of methoxy groups -OCH3 is 2. The molecule has 0 bridgehead atoms. The fourth-order valence-corrected chi connectivity index (χ4v) is 2.97. The summed E-state index contributed by atoms with van der Waals surface area (Å²) in [7, 11) is -0.601. The van der Waals surface area contributed by atoms with Gasteiger partial charge in [-0.2, -0.15) is 8.42 Å². The van der Waals surface area contributed by atoms with Crippen LogP contribution in [0.15, 0.2) is 24.3 Å². The predicted octanol–water partition coefficient (Wildman–Crippen LogP) is 1.81. The number of fused-ring (bicyclic) bond motifs is 1. The lowest BCUT2D eigenvalue weighted by Gasteiger charge is -2.21. The number of rotatable bonds is 4. The second-order valence-corrected chi connectivity index (χ2v) is 5.15. The maximum Gasteiger partial charge on any atom is 0.324 e. The van der Waals surface area contributed by atoms with E-state index in [9.17, 15) is 8.42 Å². The molecule has 1 aliphatic rings. The van der Waals surface area contributed by atoms with E-state index in [2.05, 4.69) is 4.72 Å². The van der Waals surface area contributed by atoms with Crippen molar-refractivity contribution in [1.82, 2.24) is 0 Å². The molecule has 1 aliphatic heterocycles. The van der Waals surface area contributed by atoms with Gasteiger partial charge < -0.3 is 9.47 Å². The van der Waals surface area contributed by atoms with Crippen LogP contribution in [0, 0.1) is 0 Å². The van der Waals surface area contributed by atoms with Crippen LogP contribution in [0.25, 0.3) is 0 Å². The third-order valence-electron chi connectivity index (χ3n) is 2.54. The number of hydrogen-bond acceptors (Lipinski definition) is 4. The minimum absolute atomic E-state index is 0.110.